The zero-order chi connectivity index (χ0) is 95.8. The molecule has 6 amide bonds. The molecule has 3 saturated heterocycles. The van der Waals surface area contributed by atoms with Crippen LogP contribution >= 0.6 is 0 Å². The van der Waals surface area contributed by atoms with Crippen molar-refractivity contribution in [3.8, 4) is 34.9 Å². The Labute approximate surface area is 831 Å². The van der Waals surface area contributed by atoms with E-state index in [0.717, 1.165) is 38.5 Å². The molecule has 6 saturated carbocycles. The van der Waals surface area contributed by atoms with Gasteiger partial charge in [-0.3, -0.25) is 14.4 Å². The average molecular weight is 2020 g/mol. The monoisotopic (exact) mass is 2020 g/mol. The number of hydrogen-bond acceptors (Lipinski definition) is 21. The van der Waals surface area contributed by atoms with Gasteiger partial charge in [0.15, 0.2) is 0 Å². The summed E-state index contributed by atoms with van der Waals surface area (Å²) in [6, 6.07) is 13.9. The van der Waals surface area contributed by atoms with Crippen LogP contribution in [-0.2, 0) is 116 Å². The number of fused-ring (bicyclic) bond motifs is 15. The molecule has 12 aliphatic rings. The van der Waals surface area contributed by atoms with Crippen LogP contribution in [0.3, 0.4) is 0 Å². The standard InChI is InChI=1S/2C34H42F2N3O6.C33H40F2N3O6.3V/c1-19-26(18-40)39-17-27(19)44-29-24(14-20-9-10-23(15-25(20)37-29)43-22-11-12-22)34(35,36)13-7-6-8-21-16-33(21,5)45-31(42)38-28(30(39)41)32(2,3)4;1-5-23-26(18-40)39-17-28(23)44-30-24(14-19-9-10-22(16-25(19)37-30)43-21-11-12-21)34(35,36)13-7-6-8-20-15-27(20)45-32(42)38-29(31(39)41)33(2,3)4;1-18-25(17-39)38-16-27(18)43-29-23(13-19-8-9-22(15-24(19)36-29)42-21-10-11-21)33(34,35)12-6-5-7-20-14-26(20)44-31(41)37-28(30(38)40)32(2,3)4;;;/h9-10,14-15,19,21-22,26-28H,6-8,11-13,16-17H2,1-5H3,(H,38,42);9-10,14,16,20-21,23,26-29H,5-8,11-13,15,17H2,1-4H3,(H,38,42);8-9,13,15,18,20-21,25-28H,5-7,10-12,14,16H2,1-4H3,(H,37,41);;;/q3*-1;;;/t19-,21+,26+,27-,28+,33+;20-,23+,26-,27-,28+,29-;18-,20+,25+,26+,27-,28+;;;/m010.../s1. The summed E-state index contributed by atoms with van der Waals surface area (Å²) >= 11 is 0. The van der Waals surface area contributed by atoms with Crippen LogP contribution in [0.5, 0.6) is 34.9 Å². The van der Waals surface area contributed by atoms with Crippen LogP contribution < -0.4 is 44.4 Å². The first-order valence-electron chi connectivity index (χ1n) is 47.9. The van der Waals surface area contributed by atoms with Crippen LogP contribution in [0.15, 0.2) is 72.8 Å². The van der Waals surface area contributed by atoms with Gasteiger partial charge in [0, 0.05) is 115 Å². The number of benzene rings is 3. The summed E-state index contributed by atoms with van der Waals surface area (Å²) in [6.07, 6.45) is 12.5. The van der Waals surface area contributed by atoms with Gasteiger partial charge >= 0.3 is 18.3 Å². The number of carbonyl (C=O) groups excluding carboxylic acids is 9. The minimum atomic E-state index is -3.25. The van der Waals surface area contributed by atoms with Crippen LogP contribution in [0.2, 0.25) is 0 Å². The Hall–Kier alpha value is -8.75. The molecule has 36 heteroatoms. The van der Waals surface area contributed by atoms with E-state index in [1.165, 1.54) is 32.9 Å². The molecule has 18 rings (SSSR count). The van der Waals surface area contributed by atoms with E-state index in [-0.39, 0.29) is 177 Å². The number of aromatic nitrogens is 3. The summed E-state index contributed by atoms with van der Waals surface area (Å²) in [7, 11) is 0. The van der Waals surface area contributed by atoms with Crippen LogP contribution in [0.25, 0.3) is 32.7 Å². The fourth-order valence-electron chi connectivity index (χ4n) is 19.4. The Balaban J connectivity index is 0.000000172. The van der Waals surface area contributed by atoms with E-state index in [9.17, 15) is 43.2 Å². The summed E-state index contributed by atoms with van der Waals surface area (Å²) in [4.78, 5) is 135. The SMILES string of the molecule is CC[C@@H]1[C@@H]2CN(C(=O)[C@H](C(C)(C)C)NC(=O)O[C@@H]3C[C@H]3CCCCC(F)(F)c3cc4ccc(OC5CC5)cc4nc3O2)[C@@H]1[C-]=O.C[C@@H]1[C@@H]2CN(C(=O)[C@H](C(C)(C)C)NC(=O)O[C@@H]3C[C@H]3CCCCC(F)(F)c3cc4ccc(OC5CC5)cc4nc3O2)[C@@H]1[C-]=O.C[C@@H]1[C@@H]2CN(C(=O)[C@H](C(C)(C)C)NC(=O)O[C@]3(C)C[C@H]3CCCCC(F)(F)c3cc4ccc(OC5CC5)cc4nc3O2)[C@@H]1[C-]=O.[V].[V].[V]. The Kier molecular flexibility index (Phi) is 32.2. The van der Waals surface area contributed by atoms with Crippen LogP contribution in [0, 0.1) is 51.8 Å². The second-order valence-electron chi connectivity index (χ2n) is 42.6. The number of halogens is 6. The first kappa shape index (κ1) is 106. The number of pyridine rings is 3. The number of ether oxygens (including phenoxy) is 9. The zero-order valence-corrected chi connectivity index (χ0v) is 84.0. The topological polar surface area (TPSA) is 321 Å². The second-order valence-corrected chi connectivity index (χ2v) is 42.6. The molecule has 741 valence electrons. The summed E-state index contributed by atoms with van der Waals surface area (Å²) in [5, 5.41) is 9.86. The summed E-state index contributed by atoms with van der Waals surface area (Å²) in [6.45, 7) is 23.2. The van der Waals surface area contributed by atoms with Gasteiger partial charge in [-0.2, -0.15) is 0 Å². The van der Waals surface area contributed by atoms with E-state index in [1.807, 2.05) is 95.0 Å². The van der Waals surface area contributed by atoms with E-state index in [1.54, 1.807) is 68.4 Å². The Morgan fingerprint density at radius 2 is 0.745 bits per heavy atom. The van der Waals surface area contributed by atoms with Gasteiger partial charge in [-0.25, -0.2) is 74.5 Å². The van der Waals surface area contributed by atoms with Crippen LogP contribution in [0.4, 0.5) is 40.7 Å². The van der Waals surface area contributed by atoms with Gasteiger partial charge in [-0.05, 0) is 204 Å². The minimum absolute atomic E-state index is 0. The molecule has 9 fully saturated rings. The van der Waals surface area contributed by atoms with Crippen molar-refractivity contribution in [1.82, 2.24) is 45.6 Å². The predicted octanol–water partition coefficient (Wildman–Crippen LogP) is 17.8. The summed E-state index contributed by atoms with van der Waals surface area (Å²) < 4.78 is 150. The van der Waals surface area contributed by atoms with Crippen LogP contribution in [-0.4, -0.2) is 195 Å². The van der Waals surface area contributed by atoms with Gasteiger partial charge in [-0.1, -0.05) is 127 Å². The van der Waals surface area contributed by atoms with Gasteiger partial charge in [0.1, 0.15) is 71.5 Å². The zero-order valence-electron chi connectivity index (χ0n) is 79.8. The molecule has 27 nitrogen and oxygen atoms in total. The maximum absolute atomic E-state index is 16.0. The molecule has 3 aromatic carbocycles. The van der Waals surface area contributed by atoms with E-state index in [0.29, 0.717) is 114 Å². The van der Waals surface area contributed by atoms with E-state index in [4.69, 9.17) is 42.6 Å². The second kappa shape index (κ2) is 41.8. The molecule has 0 spiro atoms. The van der Waals surface area contributed by atoms with Crippen molar-refractivity contribution >= 4 is 87.6 Å². The van der Waals surface area contributed by atoms with Gasteiger partial charge in [-0.15, -0.1) is 0 Å². The third-order valence-electron chi connectivity index (χ3n) is 28.6. The van der Waals surface area contributed by atoms with Crippen molar-refractivity contribution in [2.24, 2.45) is 51.8 Å². The number of amides is 6. The molecule has 6 aliphatic heterocycles. The predicted molar refractivity (Wildman–Crippen MR) is 481 cm³/mol. The van der Waals surface area contributed by atoms with Gasteiger partial charge in [0.2, 0.25) is 35.4 Å². The van der Waals surface area contributed by atoms with Crippen LogP contribution in [0.1, 0.15) is 248 Å². The Morgan fingerprint density at radius 3 is 1.07 bits per heavy atom. The fourth-order valence-corrected chi connectivity index (χ4v) is 19.4. The normalized spacial score (nSPS) is 30.6. The number of alkyl carbamates (subject to hydrolysis) is 3. The smallest absolute Gasteiger partial charge is 0.408 e. The first-order chi connectivity index (χ1) is 63.4. The number of nitrogens with zero attached hydrogens (tertiary/aromatic N) is 6. The quantitative estimate of drug-likeness (QED) is 0.0651. The van der Waals surface area contributed by atoms with E-state index >= 15 is 26.3 Å². The number of alkyl halides is 6. The third-order valence-corrected chi connectivity index (χ3v) is 28.6. The molecule has 3 aromatic heterocycles. The van der Waals surface area contributed by atoms with E-state index in [2.05, 4.69) is 30.9 Å². The van der Waals surface area contributed by atoms with Crippen molar-refractivity contribution < 1.29 is 168 Å². The molecule has 6 bridgehead atoms. The van der Waals surface area contributed by atoms with Crippen molar-refractivity contribution in [3.05, 3.63) is 89.5 Å². The van der Waals surface area contributed by atoms with Gasteiger partial charge < -0.3 is 87.7 Å². The number of nitrogens with one attached hydrogen (secondary N) is 3. The van der Waals surface area contributed by atoms with Crippen molar-refractivity contribution in [3.63, 3.8) is 0 Å². The first-order valence-corrected chi connectivity index (χ1v) is 47.9. The molecular formula is C101H124F6N9O18V3-3. The molecule has 3 radical (unpaired) electrons. The molecule has 137 heavy (non-hydrogen) atoms. The Morgan fingerprint density at radius 1 is 0.423 bits per heavy atom. The molecular weight excluding hydrogens is 1890 g/mol. The number of carbonyl (C=O) groups is 6. The Bertz CT molecular complexity index is 5450. The number of rotatable bonds is 10. The van der Waals surface area contributed by atoms with Gasteiger partial charge in [0.05, 0.1) is 71.2 Å². The van der Waals surface area contributed by atoms with Crippen molar-refractivity contribution in [1.29, 1.82) is 0 Å². The summed E-state index contributed by atoms with van der Waals surface area (Å²) in [5.74, 6) is -11.5. The third kappa shape index (κ3) is 24.5. The van der Waals surface area contributed by atoms with Gasteiger partial charge in [0.25, 0.3) is 17.8 Å². The minimum Gasteiger partial charge on any atom is -0.540 e. The molecule has 0 unspecified atom stereocenters. The molecule has 6 aromatic rings. The molecule has 9 heterocycles. The maximum Gasteiger partial charge on any atom is 0.408 e. The summed E-state index contributed by atoms with van der Waals surface area (Å²) in [5.41, 5.74) is -2.49. The maximum atomic E-state index is 16.0. The largest absolute Gasteiger partial charge is 0.540 e. The molecule has 6 aliphatic carbocycles. The van der Waals surface area contributed by atoms with E-state index < -0.39 is 167 Å². The fraction of sp³-hybridized carbons (Fsp3) is 0.644. The molecule has 18 atom stereocenters. The average Bonchev–Trinajstić information content (AvgIpc) is 1.63. The number of hydrogen-bond donors (Lipinski definition) is 3. The van der Waals surface area contributed by atoms with Crippen molar-refractivity contribution in [2.45, 2.75) is 340 Å². The van der Waals surface area contributed by atoms with Crippen molar-refractivity contribution in [2.75, 3.05) is 19.6 Å². The molecule has 3 N–H and O–H groups in total.